The highest BCUT2D eigenvalue weighted by Crippen LogP contribution is 2.28. The van der Waals surface area contributed by atoms with Gasteiger partial charge in [-0.25, -0.2) is 4.98 Å². The van der Waals surface area contributed by atoms with Gasteiger partial charge in [-0.2, -0.15) is 0 Å². The fourth-order valence-corrected chi connectivity index (χ4v) is 5.69. The lowest BCUT2D eigenvalue weighted by atomic mass is 9.85. The van der Waals surface area contributed by atoms with Gasteiger partial charge >= 0.3 is 0 Å². The number of carbonyl (C=O) groups excluding carboxylic acids is 3. The first-order valence-corrected chi connectivity index (χ1v) is 14.9. The zero-order chi connectivity index (χ0) is 29.3. The quantitative estimate of drug-likeness (QED) is 0.263. The number of benzene rings is 1. The molecule has 2 aromatic rings. The number of aromatic nitrogens is 1. The van der Waals surface area contributed by atoms with Crippen molar-refractivity contribution in [1.29, 1.82) is 0 Å². The Balaban J connectivity index is 1.59. The number of nitrogens with one attached hydrogen (secondary N) is 2. The number of likely N-dealkylation sites (tertiary alicyclic amines) is 1. The molecule has 3 N–H and O–H groups in total. The molecule has 3 rings (SSSR count). The molecule has 0 saturated carbocycles. The average Bonchev–Trinajstić information content (AvgIpc) is 3.52. The third-order valence-corrected chi connectivity index (χ3v) is 8.16. The number of unbranched alkanes of at least 4 members (excludes halogenated alkanes) is 4. The molecule has 0 unspecified atom stereocenters. The maximum absolute atomic E-state index is 13.7. The molecule has 1 aromatic heterocycles. The van der Waals surface area contributed by atoms with Crippen LogP contribution in [0.1, 0.15) is 77.0 Å². The van der Waals surface area contributed by atoms with E-state index in [1.54, 1.807) is 11.3 Å². The van der Waals surface area contributed by atoms with Gasteiger partial charge in [0.25, 0.3) is 0 Å². The van der Waals surface area contributed by atoms with Crippen LogP contribution in [-0.2, 0) is 20.9 Å². The van der Waals surface area contributed by atoms with Crippen LogP contribution in [0.4, 0.5) is 0 Å². The van der Waals surface area contributed by atoms with E-state index in [4.69, 9.17) is 6.42 Å². The molecule has 0 bridgehead atoms. The molecule has 9 heteroatoms. The molecule has 1 saturated heterocycles. The second-order valence-electron chi connectivity index (χ2n) is 11.6. The van der Waals surface area contributed by atoms with E-state index in [1.165, 1.54) is 4.90 Å². The van der Waals surface area contributed by atoms with Crippen molar-refractivity contribution in [3.05, 3.63) is 41.0 Å². The van der Waals surface area contributed by atoms with E-state index in [0.29, 0.717) is 13.0 Å². The Kier molecular flexibility index (Phi) is 11.3. The molecule has 3 atom stereocenters. The Morgan fingerprint density at radius 2 is 1.88 bits per heavy atom. The number of rotatable bonds is 12. The third kappa shape index (κ3) is 8.64. The third-order valence-electron chi connectivity index (χ3n) is 7.19. The van der Waals surface area contributed by atoms with E-state index < -0.39 is 23.6 Å². The Hall–Kier alpha value is -3.22. The predicted octanol–water partition coefficient (Wildman–Crippen LogP) is 4.20. The molecule has 3 amide bonds. The van der Waals surface area contributed by atoms with Crippen LogP contribution < -0.4 is 10.6 Å². The van der Waals surface area contributed by atoms with Gasteiger partial charge in [0.1, 0.15) is 12.1 Å². The zero-order valence-corrected chi connectivity index (χ0v) is 24.9. The molecule has 0 aliphatic carbocycles. The molecular weight excluding hydrogens is 524 g/mol. The molecule has 1 aliphatic heterocycles. The smallest absolute Gasteiger partial charge is 0.246 e. The van der Waals surface area contributed by atoms with Crippen LogP contribution in [0.25, 0.3) is 10.4 Å². The van der Waals surface area contributed by atoms with Crippen molar-refractivity contribution < 1.29 is 19.5 Å². The normalized spacial score (nSPS) is 17.8. The van der Waals surface area contributed by atoms with Gasteiger partial charge < -0.3 is 20.6 Å². The summed E-state index contributed by atoms with van der Waals surface area (Å²) in [5, 5.41) is 16.2. The molecule has 1 aromatic carbocycles. The highest BCUT2D eigenvalue weighted by atomic mass is 32.1. The zero-order valence-electron chi connectivity index (χ0n) is 24.0. The SMILES string of the molecule is C#CCCCCCCC(=O)N[C@H](C(=O)N1C[C@H](O)C[C@H]1C(=O)NCc1ccc(-c2scnc2C)cc1)C(C)(C)C. The van der Waals surface area contributed by atoms with Crippen LogP contribution in [0.3, 0.4) is 0 Å². The Bertz CT molecular complexity index is 1200. The van der Waals surface area contributed by atoms with Gasteiger partial charge in [-0.1, -0.05) is 57.9 Å². The number of hydrogen-bond acceptors (Lipinski definition) is 6. The number of thiazole rings is 1. The van der Waals surface area contributed by atoms with Crippen molar-refractivity contribution in [3.63, 3.8) is 0 Å². The van der Waals surface area contributed by atoms with Crippen molar-refractivity contribution in [2.45, 2.75) is 97.4 Å². The lowest BCUT2D eigenvalue weighted by molar-refractivity contribution is -0.144. The van der Waals surface area contributed by atoms with E-state index >= 15 is 0 Å². The van der Waals surface area contributed by atoms with Crippen molar-refractivity contribution in [2.75, 3.05) is 6.54 Å². The minimum absolute atomic E-state index is 0.0530. The number of carbonyl (C=O) groups is 3. The number of aryl methyl sites for hydroxylation is 1. The van der Waals surface area contributed by atoms with Crippen LogP contribution in [0.5, 0.6) is 0 Å². The summed E-state index contributed by atoms with van der Waals surface area (Å²) in [4.78, 5) is 46.4. The fourth-order valence-electron chi connectivity index (χ4n) is 4.88. The van der Waals surface area contributed by atoms with Gasteiger partial charge in [-0.05, 0) is 36.3 Å². The maximum atomic E-state index is 13.7. The van der Waals surface area contributed by atoms with E-state index in [0.717, 1.165) is 53.8 Å². The first-order valence-electron chi connectivity index (χ1n) is 14.0. The molecule has 40 heavy (non-hydrogen) atoms. The molecule has 0 radical (unpaired) electrons. The number of hydrogen-bond donors (Lipinski definition) is 3. The molecule has 2 heterocycles. The first-order chi connectivity index (χ1) is 19.0. The van der Waals surface area contributed by atoms with Gasteiger partial charge in [0.15, 0.2) is 0 Å². The summed E-state index contributed by atoms with van der Waals surface area (Å²) >= 11 is 1.59. The Morgan fingerprint density at radius 1 is 1.18 bits per heavy atom. The number of nitrogens with zero attached hydrogens (tertiary/aromatic N) is 2. The molecule has 1 fully saturated rings. The van der Waals surface area contributed by atoms with Gasteiger partial charge in [0.05, 0.1) is 22.2 Å². The second kappa shape index (κ2) is 14.4. The van der Waals surface area contributed by atoms with Gasteiger partial charge in [0, 0.05) is 32.4 Å². The number of aliphatic hydroxyl groups excluding tert-OH is 1. The number of terminal acetylenes is 1. The molecule has 1 aliphatic rings. The summed E-state index contributed by atoms with van der Waals surface area (Å²) in [5.41, 5.74) is 4.23. The fraction of sp³-hybridized carbons (Fsp3) is 0.548. The largest absolute Gasteiger partial charge is 0.391 e. The Labute approximate surface area is 242 Å². The molecular formula is C31H42N4O4S. The molecule has 0 spiro atoms. The van der Waals surface area contributed by atoms with Crippen molar-refractivity contribution in [3.8, 4) is 22.8 Å². The summed E-state index contributed by atoms with van der Waals surface area (Å²) in [5.74, 6) is 1.76. The van der Waals surface area contributed by atoms with Crippen LogP contribution in [0.15, 0.2) is 29.8 Å². The summed E-state index contributed by atoms with van der Waals surface area (Å²) in [6.45, 7) is 7.98. The average molecular weight is 567 g/mol. The number of amides is 3. The summed E-state index contributed by atoms with van der Waals surface area (Å²) in [7, 11) is 0. The lowest BCUT2D eigenvalue weighted by Crippen LogP contribution is -2.57. The van der Waals surface area contributed by atoms with Crippen molar-refractivity contribution >= 4 is 29.1 Å². The standard InChI is InChI=1S/C31H42N4O4S/c1-6-7-8-9-10-11-12-26(37)34-28(31(3,4)5)30(39)35-19-24(36)17-25(35)29(38)32-18-22-13-15-23(16-14-22)27-21(2)33-20-40-27/h1,13-16,20,24-25,28,36H,7-12,17-19H2,2-5H3,(H,32,38)(H,34,37)/t24-,25+,28-/m1/s1. The Morgan fingerprint density at radius 3 is 2.50 bits per heavy atom. The van der Waals surface area contributed by atoms with E-state index in [-0.39, 0.29) is 30.7 Å². The monoisotopic (exact) mass is 566 g/mol. The number of aliphatic hydroxyl groups is 1. The predicted molar refractivity (Wildman–Crippen MR) is 158 cm³/mol. The van der Waals surface area contributed by atoms with Crippen LogP contribution in [-0.4, -0.2) is 57.4 Å². The van der Waals surface area contributed by atoms with Gasteiger partial charge in [-0.15, -0.1) is 23.7 Å². The van der Waals surface area contributed by atoms with Gasteiger partial charge in [0.2, 0.25) is 17.7 Å². The van der Waals surface area contributed by atoms with Crippen molar-refractivity contribution in [1.82, 2.24) is 20.5 Å². The minimum atomic E-state index is -0.815. The van der Waals surface area contributed by atoms with E-state index in [9.17, 15) is 19.5 Å². The summed E-state index contributed by atoms with van der Waals surface area (Å²) < 4.78 is 0. The number of β-amino-alcohol motifs (C(OH)–C–C–N with tert-alkyl or cyclic N) is 1. The van der Waals surface area contributed by atoms with Crippen molar-refractivity contribution in [2.24, 2.45) is 5.41 Å². The van der Waals surface area contributed by atoms with Crippen LogP contribution in [0, 0.1) is 24.7 Å². The second-order valence-corrected chi connectivity index (χ2v) is 12.4. The van der Waals surface area contributed by atoms with E-state index in [2.05, 4.69) is 21.5 Å². The van der Waals surface area contributed by atoms with Crippen LogP contribution >= 0.6 is 11.3 Å². The highest BCUT2D eigenvalue weighted by molar-refractivity contribution is 7.13. The van der Waals surface area contributed by atoms with Gasteiger partial charge in [-0.3, -0.25) is 14.4 Å². The maximum Gasteiger partial charge on any atom is 0.246 e. The molecule has 216 valence electrons. The highest BCUT2D eigenvalue weighted by Gasteiger charge is 2.44. The topological polar surface area (TPSA) is 112 Å². The van der Waals surface area contributed by atoms with E-state index in [1.807, 2.05) is 57.5 Å². The van der Waals surface area contributed by atoms with Crippen LogP contribution in [0.2, 0.25) is 0 Å². The first kappa shape index (κ1) is 31.3. The summed E-state index contributed by atoms with van der Waals surface area (Å²) in [6.07, 6.45) is 9.23. The summed E-state index contributed by atoms with van der Waals surface area (Å²) in [6, 6.07) is 6.31. The lowest BCUT2D eigenvalue weighted by Gasteiger charge is -2.35. The molecule has 8 nitrogen and oxygen atoms in total. The minimum Gasteiger partial charge on any atom is -0.391 e.